The van der Waals surface area contributed by atoms with Crippen molar-refractivity contribution in [3.63, 3.8) is 0 Å². The Labute approximate surface area is 277 Å². The van der Waals surface area contributed by atoms with E-state index in [4.69, 9.17) is 0 Å². The number of ether oxygens (including phenoxy) is 2. The predicted molar refractivity (Wildman–Crippen MR) is 171 cm³/mol. The smallest absolute Gasteiger partial charge is 0.550 e. The van der Waals surface area contributed by atoms with Crippen LogP contribution in [0.2, 0.25) is 0 Å². The Bertz CT molecular complexity index is 621. The van der Waals surface area contributed by atoms with Crippen LogP contribution < -0.4 is 10.2 Å². The van der Waals surface area contributed by atoms with Gasteiger partial charge in [-0.05, 0) is 36.2 Å². The van der Waals surface area contributed by atoms with Crippen LogP contribution in [0.5, 0.6) is 0 Å². The molecule has 0 aliphatic rings. The van der Waals surface area contributed by atoms with Crippen LogP contribution in [-0.2, 0) is 28.7 Å². The van der Waals surface area contributed by atoms with Crippen molar-refractivity contribution in [3.05, 3.63) is 25.3 Å². The van der Waals surface area contributed by atoms with E-state index < -0.39 is 23.9 Å². The Kier molecular flexibility index (Phi) is 44.6. The third-order valence-electron chi connectivity index (χ3n) is 6.17. The first kappa shape index (κ1) is 49.5. The average Bonchev–Trinajstić information content (AvgIpc) is 2.97. The van der Waals surface area contributed by atoms with Crippen LogP contribution in [0.4, 0.5) is 0 Å². The molecule has 2 radical (unpaired) electrons. The molecule has 0 saturated carbocycles. The molecule has 4 atom stereocenters. The van der Waals surface area contributed by atoms with Gasteiger partial charge in [0.05, 0.1) is 14.2 Å². The summed E-state index contributed by atoms with van der Waals surface area (Å²) < 4.78 is 8.28. The maximum Gasteiger partial charge on any atom is 2.00 e. The minimum atomic E-state index is -0.949. The average molecular weight is 726 g/mol. The summed E-state index contributed by atoms with van der Waals surface area (Å²) in [4.78, 5) is 41.1. The molecule has 11 heteroatoms. The second-order valence-electron chi connectivity index (χ2n) is 9.16. The van der Waals surface area contributed by atoms with Gasteiger partial charge in [0, 0.05) is 35.9 Å². The number of hydrogen-bond donors (Lipinski definition) is 2. The molecule has 238 valence electrons. The third kappa shape index (κ3) is 35.0. The molecule has 0 bridgehead atoms. The minimum Gasteiger partial charge on any atom is -0.550 e. The molecular formula is C30H54O8S2Sn. The first-order chi connectivity index (χ1) is 18.9. The van der Waals surface area contributed by atoms with Crippen molar-refractivity contribution in [3.8, 4) is 0 Å². The van der Waals surface area contributed by atoms with Crippen LogP contribution in [0, 0.1) is 23.7 Å². The molecule has 0 aliphatic carbocycles. The summed E-state index contributed by atoms with van der Waals surface area (Å²) in [5, 5.41) is 21.4. The number of unbranched alkanes of at least 4 members (excludes halogenated alkanes) is 2. The van der Waals surface area contributed by atoms with E-state index in [1.807, 2.05) is 0 Å². The molecule has 0 rings (SSSR count). The fraction of sp³-hybridized carbons (Fsp3) is 0.733. The number of hydrogen-bond acceptors (Lipinski definition) is 10. The Hall–Kier alpha value is -1.14. The molecule has 0 amide bonds. The number of carboxylic acid groups (broad SMARTS) is 2. The molecule has 4 unspecified atom stereocenters. The first-order valence-electron chi connectivity index (χ1n) is 14.0. The number of carboxylic acids is 2. The van der Waals surface area contributed by atoms with Crippen molar-refractivity contribution in [1.29, 1.82) is 0 Å². The van der Waals surface area contributed by atoms with Crippen LogP contribution in [-0.4, -0.2) is 73.5 Å². The van der Waals surface area contributed by atoms with Crippen molar-refractivity contribution in [2.45, 2.75) is 91.9 Å². The topological polar surface area (TPSA) is 133 Å². The van der Waals surface area contributed by atoms with Gasteiger partial charge in [-0.15, -0.1) is 0 Å². The summed E-state index contributed by atoms with van der Waals surface area (Å²) in [6.07, 6.45) is 12.8. The number of carbonyl (C=O) groups is 4. The van der Waals surface area contributed by atoms with Gasteiger partial charge in [0.25, 0.3) is 0 Å². The summed E-state index contributed by atoms with van der Waals surface area (Å²) >= 11 is 8.08. The molecule has 41 heavy (non-hydrogen) atoms. The van der Waals surface area contributed by atoms with Crippen LogP contribution in [0.15, 0.2) is 25.3 Å². The van der Waals surface area contributed by atoms with Gasteiger partial charge >= 0.3 is 35.8 Å². The quantitative estimate of drug-likeness (QED) is 0.0936. The molecule has 0 saturated heterocycles. The maximum absolute atomic E-state index is 10.7. The van der Waals surface area contributed by atoms with Crippen molar-refractivity contribution in [2.75, 3.05) is 25.7 Å². The predicted octanol–water partition coefficient (Wildman–Crippen LogP) is 4.09. The Morgan fingerprint density at radius 1 is 0.707 bits per heavy atom. The van der Waals surface area contributed by atoms with Crippen LogP contribution in [0.1, 0.15) is 91.9 Å². The van der Waals surface area contributed by atoms with E-state index in [0.29, 0.717) is 23.3 Å². The molecule has 8 nitrogen and oxygen atoms in total. The Morgan fingerprint density at radius 3 is 1.12 bits per heavy atom. The van der Waals surface area contributed by atoms with Gasteiger partial charge in [0.2, 0.25) is 0 Å². The number of thiol groups is 2. The second kappa shape index (κ2) is 36.9. The molecule has 0 aliphatic heterocycles. The SMILES string of the molecule is C=CC(=O)OC.C=CC(=O)OC.CCCCC(CC)CC(CS)C(=O)[O-].CCCCC(CC)CC(CS)C(=O)[O-].[Sn+2]. The van der Waals surface area contributed by atoms with E-state index in [2.05, 4.69) is 75.6 Å². The normalized spacial score (nSPS) is 12.3. The van der Waals surface area contributed by atoms with E-state index in [-0.39, 0.29) is 35.7 Å². The molecule has 0 N–H and O–H groups in total. The summed E-state index contributed by atoms with van der Waals surface area (Å²) in [6, 6.07) is 0. The molecule has 0 aromatic heterocycles. The zero-order valence-corrected chi connectivity index (χ0v) is 30.7. The largest absolute Gasteiger partial charge is 2.00 e. The van der Waals surface area contributed by atoms with Crippen molar-refractivity contribution in [1.82, 2.24) is 0 Å². The van der Waals surface area contributed by atoms with Crippen molar-refractivity contribution in [2.24, 2.45) is 23.7 Å². The summed E-state index contributed by atoms with van der Waals surface area (Å²) in [5.41, 5.74) is 0. The van der Waals surface area contributed by atoms with E-state index in [0.717, 1.165) is 50.7 Å². The zero-order valence-electron chi connectivity index (χ0n) is 26.0. The maximum atomic E-state index is 10.7. The Balaban J connectivity index is -0.000000150. The van der Waals surface area contributed by atoms with Crippen molar-refractivity contribution < 1.29 is 38.9 Å². The van der Waals surface area contributed by atoms with Gasteiger partial charge in [-0.1, -0.05) is 92.2 Å². The van der Waals surface area contributed by atoms with Gasteiger partial charge in [-0.25, -0.2) is 9.59 Å². The van der Waals surface area contributed by atoms with Crippen LogP contribution >= 0.6 is 25.3 Å². The number of esters is 2. The second-order valence-corrected chi connectivity index (χ2v) is 9.89. The van der Waals surface area contributed by atoms with Gasteiger partial charge in [0.15, 0.2) is 0 Å². The van der Waals surface area contributed by atoms with E-state index in [1.165, 1.54) is 39.9 Å². The monoisotopic (exact) mass is 726 g/mol. The van der Waals surface area contributed by atoms with Gasteiger partial charge in [-0.2, -0.15) is 25.3 Å². The third-order valence-corrected chi connectivity index (χ3v) is 7.05. The van der Waals surface area contributed by atoms with E-state index in [9.17, 15) is 29.4 Å². The molecule has 0 aromatic rings. The number of rotatable bonds is 18. The van der Waals surface area contributed by atoms with Gasteiger partial charge < -0.3 is 29.3 Å². The van der Waals surface area contributed by atoms with Crippen LogP contribution in [0.3, 0.4) is 0 Å². The molecule has 0 heterocycles. The molecular weight excluding hydrogens is 671 g/mol. The summed E-state index contributed by atoms with van der Waals surface area (Å²) in [5.74, 6) is -1.61. The fourth-order valence-electron chi connectivity index (χ4n) is 3.42. The summed E-state index contributed by atoms with van der Waals surface area (Å²) in [6.45, 7) is 14.9. The van der Waals surface area contributed by atoms with Gasteiger partial charge in [-0.3, -0.25) is 0 Å². The Morgan fingerprint density at radius 2 is 1.00 bits per heavy atom. The molecule has 0 aromatic carbocycles. The van der Waals surface area contributed by atoms with E-state index in [1.54, 1.807) is 0 Å². The number of methoxy groups -OCH3 is 2. The van der Waals surface area contributed by atoms with Crippen LogP contribution in [0.25, 0.3) is 0 Å². The van der Waals surface area contributed by atoms with Gasteiger partial charge in [0.1, 0.15) is 0 Å². The first-order valence-corrected chi connectivity index (χ1v) is 15.2. The zero-order chi connectivity index (χ0) is 31.9. The van der Waals surface area contributed by atoms with E-state index >= 15 is 0 Å². The standard InChI is InChI=1S/2C11H22O2S.2C4H6O2.Sn/c2*1-3-5-6-9(4-2)7-10(8-14)11(12)13;2*1-3-4(5)6-2;/h2*9-10,14H,3-8H2,1-2H3,(H,12,13);2*3H,1H2,2H3;/q;;;;+2/p-2. The minimum absolute atomic E-state index is 0. The molecule has 0 fully saturated rings. The number of aliphatic carboxylic acids is 2. The molecule has 0 spiro atoms. The van der Waals surface area contributed by atoms with Crippen molar-refractivity contribution >= 4 is 73.0 Å². The summed E-state index contributed by atoms with van der Waals surface area (Å²) in [7, 11) is 2.62. The number of carbonyl (C=O) groups excluding carboxylic acids is 4. The fourth-order valence-corrected chi connectivity index (χ4v) is 4.02.